The van der Waals surface area contributed by atoms with Crippen LogP contribution in [0.1, 0.15) is 29.1 Å². The molecule has 2 heterocycles. The van der Waals surface area contributed by atoms with E-state index in [0.29, 0.717) is 25.8 Å². The molecule has 8 heteroatoms. The van der Waals surface area contributed by atoms with Crippen LogP contribution in [-0.2, 0) is 0 Å². The number of carbonyl (C=O) groups is 1. The van der Waals surface area contributed by atoms with E-state index in [4.69, 9.17) is 0 Å². The molecule has 0 saturated heterocycles. The second-order valence-corrected chi connectivity index (χ2v) is 8.39. The minimum atomic E-state index is -0.221. The summed E-state index contributed by atoms with van der Waals surface area (Å²) in [4.78, 5) is 36.1. The molecule has 0 saturated carbocycles. The van der Waals surface area contributed by atoms with E-state index >= 15 is 0 Å². The third-order valence-corrected chi connectivity index (χ3v) is 6.60. The van der Waals surface area contributed by atoms with Crippen LogP contribution in [0.4, 0.5) is 5.69 Å². The summed E-state index contributed by atoms with van der Waals surface area (Å²) in [6.45, 7) is 9.01. The lowest BCUT2D eigenvalue weighted by molar-refractivity contribution is 0.103. The largest absolute Gasteiger partial charge is 0.321 e. The number of anilines is 1. The van der Waals surface area contributed by atoms with Crippen molar-refractivity contribution in [3.63, 3.8) is 0 Å². The zero-order chi connectivity index (χ0) is 20.1. The summed E-state index contributed by atoms with van der Waals surface area (Å²) in [5.74, 6) is 0.629. The van der Waals surface area contributed by atoms with E-state index in [0.717, 1.165) is 31.1 Å². The van der Waals surface area contributed by atoms with E-state index in [1.54, 1.807) is 6.92 Å². The van der Waals surface area contributed by atoms with Gasteiger partial charge in [-0.15, -0.1) is 11.3 Å². The second kappa shape index (κ2) is 9.36. The molecular weight excluding hydrogens is 392 g/mol. The van der Waals surface area contributed by atoms with Crippen LogP contribution in [0, 0.1) is 6.92 Å². The predicted octanol–water partition coefficient (Wildman–Crippen LogP) is 3.98. The van der Waals surface area contributed by atoms with Gasteiger partial charge in [-0.05, 0) is 37.7 Å². The number of para-hydroxylation sites is 1. The first kappa shape index (κ1) is 20.6. The van der Waals surface area contributed by atoms with Crippen molar-refractivity contribution in [3.8, 4) is 0 Å². The molecule has 1 amide bonds. The Morgan fingerprint density at radius 1 is 1.25 bits per heavy atom. The summed E-state index contributed by atoms with van der Waals surface area (Å²) in [7, 11) is 0. The number of amides is 1. The van der Waals surface area contributed by atoms with Gasteiger partial charge in [-0.1, -0.05) is 43.8 Å². The van der Waals surface area contributed by atoms with Crippen molar-refractivity contribution in [2.75, 3.05) is 30.7 Å². The van der Waals surface area contributed by atoms with Gasteiger partial charge < -0.3 is 15.2 Å². The lowest BCUT2D eigenvalue weighted by Crippen LogP contribution is -2.25. The molecule has 0 bridgehead atoms. The number of nitrogens with one attached hydrogen (secondary N) is 2. The normalized spacial score (nSPS) is 11.3. The Hall–Kier alpha value is -2.16. The monoisotopic (exact) mass is 416 g/mol. The summed E-state index contributed by atoms with van der Waals surface area (Å²) < 4.78 is 0. The minimum absolute atomic E-state index is 0.192. The van der Waals surface area contributed by atoms with E-state index in [9.17, 15) is 9.59 Å². The Morgan fingerprint density at radius 3 is 2.64 bits per heavy atom. The van der Waals surface area contributed by atoms with Crippen LogP contribution in [0.2, 0.25) is 0 Å². The first-order chi connectivity index (χ1) is 13.5. The first-order valence-corrected chi connectivity index (χ1v) is 11.1. The molecule has 0 fully saturated rings. The van der Waals surface area contributed by atoms with Crippen molar-refractivity contribution in [2.45, 2.75) is 25.9 Å². The Labute approximate surface area is 172 Å². The van der Waals surface area contributed by atoms with E-state index in [1.165, 1.54) is 23.1 Å². The van der Waals surface area contributed by atoms with Gasteiger partial charge in [-0.3, -0.25) is 9.59 Å². The number of rotatable bonds is 8. The average molecular weight is 417 g/mol. The van der Waals surface area contributed by atoms with Crippen molar-refractivity contribution < 1.29 is 4.79 Å². The predicted molar refractivity (Wildman–Crippen MR) is 118 cm³/mol. The number of hydrogen-bond donors (Lipinski definition) is 2. The molecule has 0 atom stereocenters. The molecule has 3 rings (SSSR count). The summed E-state index contributed by atoms with van der Waals surface area (Å²) in [6.07, 6.45) is 0. The van der Waals surface area contributed by atoms with Crippen LogP contribution in [0.15, 0.2) is 40.3 Å². The Bertz CT molecular complexity index is 1010. The van der Waals surface area contributed by atoms with Gasteiger partial charge in [-0.25, -0.2) is 4.98 Å². The number of aryl methyl sites for hydroxylation is 1. The van der Waals surface area contributed by atoms with Crippen LogP contribution < -0.4 is 10.9 Å². The van der Waals surface area contributed by atoms with Gasteiger partial charge in [0.25, 0.3) is 11.5 Å². The van der Waals surface area contributed by atoms with Crippen LogP contribution in [0.3, 0.4) is 0 Å². The molecule has 2 aromatic heterocycles. The third-order valence-electron chi connectivity index (χ3n) is 4.56. The highest BCUT2D eigenvalue weighted by atomic mass is 32.2. The number of thioether (sulfide) groups is 1. The Kier molecular flexibility index (Phi) is 6.88. The van der Waals surface area contributed by atoms with Gasteiger partial charge in [0.1, 0.15) is 4.83 Å². The molecule has 28 heavy (non-hydrogen) atoms. The fourth-order valence-corrected chi connectivity index (χ4v) is 4.93. The van der Waals surface area contributed by atoms with Gasteiger partial charge >= 0.3 is 0 Å². The molecule has 2 N–H and O–H groups in total. The topological polar surface area (TPSA) is 78.1 Å². The first-order valence-electron chi connectivity index (χ1n) is 9.28. The average Bonchev–Trinajstić information content (AvgIpc) is 3.03. The van der Waals surface area contributed by atoms with Crippen LogP contribution in [-0.4, -0.2) is 46.2 Å². The van der Waals surface area contributed by atoms with E-state index in [2.05, 4.69) is 34.0 Å². The Balaban J connectivity index is 1.81. The summed E-state index contributed by atoms with van der Waals surface area (Å²) in [5.41, 5.74) is 1.20. The standard InChI is InChI=1S/C20H24N4O2S2/c1-4-24(5-2)11-12-27-20-22-17(25)15-13(3)16(28-19(15)23-20)18(26)21-14-9-7-6-8-10-14/h6-10H,4-5,11-12H2,1-3H3,(H,21,26)(H,22,23,25). The van der Waals surface area contributed by atoms with Crippen LogP contribution in [0.25, 0.3) is 10.2 Å². The fraction of sp³-hybridized carbons (Fsp3) is 0.350. The summed E-state index contributed by atoms with van der Waals surface area (Å²) in [5, 5.41) is 3.97. The smallest absolute Gasteiger partial charge is 0.266 e. The molecule has 0 spiro atoms. The van der Waals surface area contributed by atoms with Gasteiger partial charge in [0.05, 0.1) is 10.3 Å². The maximum Gasteiger partial charge on any atom is 0.266 e. The van der Waals surface area contributed by atoms with Gasteiger partial charge in [0.2, 0.25) is 0 Å². The number of H-pyrrole nitrogens is 1. The van der Waals surface area contributed by atoms with Crippen molar-refractivity contribution in [3.05, 3.63) is 51.1 Å². The zero-order valence-corrected chi connectivity index (χ0v) is 17.9. The highest BCUT2D eigenvalue weighted by Crippen LogP contribution is 2.29. The number of hydrogen-bond acceptors (Lipinski definition) is 6. The lowest BCUT2D eigenvalue weighted by Gasteiger charge is -2.16. The van der Waals surface area contributed by atoms with Crippen molar-refractivity contribution in [1.82, 2.24) is 14.9 Å². The van der Waals surface area contributed by atoms with E-state index in [-0.39, 0.29) is 11.5 Å². The number of benzene rings is 1. The van der Waals surface area contributed by atoms with Gasteiger partial charge in [0, 0.05) is 18.0 Å². The van der Waals surface area contributed by atoms with Crippen LogP contribution >= 0.6 is 23.1 Å². The molecule has 0 aliphatic rings. The van der Waals surface area contributed by atoms with Crippen molar-refractivity contribution in [1.29, 1.82) is 0 Å². The molecule has 3 aromatic rings. The van der Waals surface area contributed by atoms with Gasteiger partial charge in [-0.2, -0.15) is 0 Å². The number of carbonyl (C=O) groups excluding carboxylic acids is 1. The molecule has 0 radical (unpaired) electrons. The SMILES string of the molecule is CCN(CC)CCSc1nc2sc(C(=O)Nc3ccccc3)c(C)c2c(=O)[nH]1. The highest BCUT2D eigenvalue weighted by Gasteiger charge is 2.19. The number of fused-ring (bicyclic) bond motifs is 1. The van der Waals surface area contributed by atoms with E-state index < -0.39 is 0 Å². The molecule has 0 aliphatic carbocycles. The van der Waals surface area contributed by atoms with Crippen LogP contribution in [0.5, 0.6) is 0 Å². The minimum Gasteiger partial charge on any atom is -0.321 e. The fourth-order valence-electron chi connectivity index (χ4n) is 2.93. The lowest BCUT2D eigenvalue weighted by atomic mass is 10.2. The second-order valence-electron chi connectivity index (χ2n) is 6.30. The van der Waals surface area contributed by atoms with Gasteiger partial charge in [0.15, 0.2) is 5.16 Å². The molecular formula is C20H24N4O2S2. The Morgan fingerprint density at radius 2 is 1.96 bits per heavy atom. The van der Waals surface area contributed by atoms with E-state index in [1.807, 2.05) is 30.3 Å². The highest BCUT2D eigenvalue weighted by molar-refractivity contribution is 7.99. The summed E-state index contributed by atoms with van der Waals surface area (Å²) in [6, 6.07) is 9.28. The molecule has 1 aromatic carbocycles. The number of aromatic amines is 1. The van der Waals surface area contributed by atoms with Crippen molar-refractivity contribution >= 4 is 44.9 Å². The maximum absolute atomic E-state index is 12.7. The molecule has 0 unspecified atom stereocenters. The third kappa shape index (κ3) is 4.63. The zero-order valence-electron chi connectivity index (χ0n) is 16.2. The maximum atomic E-state index is 12.7. The molecule has 148 valence electrons. The number of aromatic nitrogens is 2. The number of thiophene rings is 1. The molecule has 6 nitrogen and oxygen atoms in total. The van der Waals surface area contributed by atoms with Crippen molar-refractivity contribution in [2.24, 2.45) is 0 Å². The number of nitrogens with zero attached hydrogens (tertiary/aromatic N) is 2. The quantitative estimate of drug-likeness (QED) is 0.429. The summed E-state index contributed by atoms with van der Waals surface area (Å²) >= 11 is 2.79. The molecule has 0 aliphatic heterocycles.